The fourth-order valence-electron chi connectivity index (χ4n) is 5.49. The van der Waals surface area contributed by atoms with Crippen LogP contribution in [-0.4, -0.2) is 68.6 Å². The number of rotatable bonds is 3. The lowest BCUT2D eigenvalue weighted by Crippen LogP contribution is -2.57. The molecule has 2 atom stereocenters. The molecule has 2 aromatic carbocycles. The summed E-state index contributed by atoms with van der Waals surface area (Å²) in [5.74, 6) is 2.07. The maximum absolute atomic E-state index is 13.7. The smallest absolute Gasteiger partial charge is 0.272 e. The van der Waals surface area contributed by atoms with Crippen molar-refractivity contribution in [2.45, 2.75) is 57.8 Å². The Balaban J connectivity index is 1.25. The Morgan fingerprint density at radius 1 is 1.12 bits per heavy atom. The van der Waals surface area contributed by atoms with E-state index in [1.807, 2.05) is 56.3 Å². The van der Waals surface area contributed by atoms with E-state index in [0.29, 0.717) is 61.3 Å². The summed E-state index contributed by atoms with van der Waals surface area (Å²) in [6.07, 6.45) is 2.53. The molecular formula is C31H34N6O5. The van der Waals surface area contributed by atoms with Crippen molar-refractivity contribution < 1.29 is 23.8 Å². The fraction of sp³-hybridized carbons (Fsp3) is 0.387. The largest absolute Gasteiger partial charge is 0.493 e. The summed E-state index contributed by atoms with van der Waals surface area (Å²) in [5.41, 5.74) is 3.06. The molecule has 0 saturated carbocycles. The van der Waals surface area contributed by atoms with E-state index in [0.717, 1.165) is 16.8 Å². The van der Waals surface area contributed by atoms with Gasteiger partial charge in [-0.1, -0.05) is 32.0 Å². The minimum atomic E-state index is -0.382. The van der Waals surface area contributed by atoms with Crippen molar-refractivity contribution >= 4 is 17.6 Å². The Morgan fingerprint density at radius 2 is 2.00 bits per heavy atom. The molecule has 2 amide bonds. The molecule has 0 unspecified atom stereocenters. The number of hydrogen-bond donors (Lipinski definition) is 1. The van der Waals surface area contributed by atoms with Crippen molar-refractivity contribution in [1.29, 1.82) is 0 Å². The molecule has 4 heterocycles. The maximum Gasteiger partial charge on any atom is 0.272 e. The van der Waals surface area contributed by atoms with Gasteiger partial charge < -0.3 is 24.4 Å². The minimum Gasteiger partial charge on any atom is -0.493 e. The van der Waals surface area contributed by atoms with Crippen LogP contribution in [0.1, 0.15) is 59.9 Å². The monoisotopic (exact) mass is 570 g/mol. The lowest BCUT2D eigenvalue weighted by atomic mass is 10.00. The zero-order chi connectivity index (χ0) is 29.2. The summed E-state index contributed by atoms with van der Waals surface area (Å²) >= 11 is 0. The Hall–Kier alpha value is -4.51. The number of carbonyl (C=O) groups excluding carboxylic acids is 2. The van der Waals surface area contributed by atoms with Crippen LogP contribution >= 0.6 is 0 Å². The van der Waals surface area contributed by atoms with E-state index in [-0.39, 0.29) is 36.3 Å². The number of nitrogens with one attached hydrogen (secondary N) is 1. The van der Waals surface area contributed by atoms with Gasteiger partial charge in [-0.2, -0.15) is 10.1 Å². The molecule has 0 spiro atoms. The highest BCUT2D eigenvalue weighted by molar-refractivity contribution is 5.93. The topological polar surface area (TPSA) is 120 Å². The Kier molecular flexibility index (Phi) is 7.75. The number of methoxy groups -OCH3 is 1. The van der Waals surface area contributed by atoms with E-state index in [9.17, 15) is 9.59 Å². The summed E-state index contributed by atoms with van der Waals surface area (Å²) in [6, 6.07) is 14.8. The van der Waals surface area contributed by atoms with E-state index in [2.05, 4.69) is 20.4 Å². The van der Waals surface area contributed by atoms with Gasteiger partial charge in [0, 0.05) is 19.5 Å². The van der Waals surface area contributed by atoms with Crippen molar-refractivity contribution in [3.63, 3.8) is 0 Å². The van der Waals surface area contributed by atoms with E-state index in [1.54, 1.807) is 22.6 Å². The van der Waals surface area contributed by atoms with E-state index in [4.69, 9.17) is 14.2 Å². The lowest BCUT2D eigenvalue weighted by Gasteiger charge is -2.38. The molecular weight excluding hydrogens is 536 g/mol. The second-order valence-electron chi connectivity index (χ2n) is 11.0. The molecule has 42 heavy (non-hydrogen) atoms. The first-order valence-corrected chi connectivity index (χ1v) is 14.2. The van der Waals surface area contributed by atoms with Crippen LogP contribution in [0.25, 0.3) is 5.78 Å². The molecule has 4 aromatic rings. The number of carbonyl (C=O) groups is 2. The van der Waals surface area contributed by atoms with Crippen LogP contribution in [0.5, 0.6) is 17.2 Å². The minimum absolute atomic E-state index is 0.110. The summed E-state index contributed by atoms with van der Waals surface area (Å²) in [6.45, 7) is 5.19. The quantitative estimate of drug-likeness (QED) is 0.394. The molecule has 0 aliphatic carbocycles. The van der Waals surface area contributed by atoms with Gasteiger partial charge in [-0.25, -0.2) is 9.50 Å². The molecule has 1 N–H and O–H groups in total. The second-order valence-corrected chi connectivity index (χ2v) is 11.0. The molecule has 2 aliphatic heterocycles. The highest BCUT2D eigenvalue weighted by Gasteiger charge is 2.34. The van der Waals surface area contributed by atoms with Crippen molar-refractivity contribution in [2.75, 3.05) is 20.2 Å². The van der Waals surface area contributed by atoms with Gasteiger partial charge in [0.25, 0.3) is 11.7 Å². The third-order valence-corrected chi connectivity index (χ3v) is 7.73. The standard InChI is InChI=1S/C31H34N6O5/c1-19(2)25-15-23(35-31-32-18-33-37(25)31)30(39)36-12-11-26-24(16-36)34-29(38)10-8-20-7-9-27(40-3)28(14-20)42-22-6-4-5-21(13-22)17-41-26/h4-7,9,13-15,18-19,24,26H,8,10-12,16-17H2,1-3H3,(H,34,38)/t24-,26+/m0/s1. The van der Waals surface area contributed by atoms with Gasteiger partial charge in [0.05, 0.1) is 31.6 Å². The summed E-state index contributed by atoms with van der Waals surface area (Å²) in [5, 5.41) is 7.41. The van der Waals surface area contributed by atoms with Crippen molar-refractivity contribution in [3.05, 3.63) is 77.4 Å². The highest BCUT2D eigenvalue weighted by atomic mass is 16.5. The Bertz CT molecular complexity index is 1620. The molecule has 2 aliphatic rings. The first-order chi connectivity index (χ1) is 20.4. The van der Waals surface area contributed by atoms with Crippen LogP contribution in [0.4, 0.5) is 0 Å². The molecule has 0 radical (unpaired) electrons. The van der Waals surface area contributed by atoms with E-state index < -0.39 is 0 Å². The van der Waals surface area contributed by atoms with Gasteiger partial charge in [-0.3, -0.25) is 9.59 Å². The average Bonchev–Trinajstić information content (AvgIpc) is 3.47. The Morgan fingerprint density at radius 3 is 2.83 bits per heavy atom. The normalized spacial score (nSPS) is 19.3. The predicted molar refractivity (Wildman–Crippen MR) is 154 cm³/mol. The molecule has 6 rings (SSSR count). The van der Waals surface area contributed by atoms with Crippen molar-refractivity contribution in [3.8, 4) is 17.2 Å². The van der Waals surface area contributed by atoms with Gasteiger partial charge >= 0.3 is 0 Å². The molecule has 11 nitrogen and oxygen atoms in total. The maximum atomic E-state index is 13.7. The van der Waals surface area contributed by atoms with Gasteiger partial charge in [-0.15, -0.1) is 0 Å². The number of fused-ring (bicyclic) bond motifs is 6. The fourth-order valence-corrected chi connectivity index (χ4v) is 5.49. The number of aromatic nitrogens is 4. The van der Waals surface area contributed by atoms with Gasteiger partial charge in [0.15, 0.2) is 11.5 Å². The predicted octanol–water partition coefficient (Wildman–Crippen LogP) is 3.91. The van der Waals surface area contributed by atoms with Gasteiger partial charge in [0.1, 0.15) is 17.8 Å². The molecule has 4 bridgehead atoms. The van der Waals surface area contributed by atoms with Crippen molar-refractivity contribution in [2.24, 2.45) is 0 Å². The molecule has 11 heteroatoms. The summed E-state index contributed by atoms with van der Waals surface area (Å²) < 4.78 is 19.7. The molecule has 1 saturated heterocycles. The van der Waals surface area contributed by atoms with E-state index >= 15 is 0 Å². The zero-order valence-corrected chi connectivity index (χ0v) is 23.9. The third kappa shape index (κ3) is 5.78. The van der Waals surface area contributed by atoms with Crippen LogP contribution in [0.15, 0.2) is 54.9 Å². The number of piperidine rings is 1. The van der Waals surface area contributed by atoms with Crippen LogP contribution in [0.3, 0.4) is 0 Å². The lowest BCUT2D eigenvalue weighted by molar-refractivity contribution is -0.124. The zero-order valence-electron chi connectivity index (χ0n) is 23.9. The number of nitrogens with zero attached hydrogens (tertiary/aromatic N) is 5. The second kappa shape index (κ2) is 11.8. The van der Waals surface area contributed by atoms with Crippen LogP contribution < -0.4 is 14.8 Å². The summed E-state index contributed by atoms with van der Waals surface area (Å²) in [7, 11) is 1.60. The van der Waals surface area contributed by atoms with Gasteiger partial charge in [-0.05, 0) is 60.2 Å². The molecule has 218 valence electrons. The number of hydrogen-bond acceptors (Lipinski definition) is 8. The number of aryl methyl sites for hydroxylation is 1. The number of amides is 2. The first kappa shape index (κ1) is 27.6. The highest BCUT2D eigenvalue weighted by Crippen LogP contribution is 2.33. The SMILES string of the molecule is COc1ccc2cc1Oc1cccc(c1)CO[C@@H]1CCN(C(=O)c3cc(C(C)C)n4ncnc4n3)C[C@@H]1NC(=O)CC2. The van der Waals surface area contributed by atoms with Crippen LogP contribution in [0.2, 0.25) is 0 Å². The summed E-state index contributed by atoms with van der Waals surface area (Å²) in [4.78, 5) is 37.3. The third-order valence-electron chi connectivity index (χ3n) is 7.73. The number of ether oxygens (including phenoxy) is 3. The first-order valence-electron chi connectivity index (χ1n) is 14.2. The Labute approximate surface area is 243 Å². The molecule has 2 aromatic heterocycles. The van der Waals surface area contributed by atoms with Gasteiger partial charge in [0.2, 0.25) is 5.91 Å². The van der Waals surface area contributed by atoms with E-state index in [1.165, 1.54) is 6.33 Å². The van der Waals surface area contributed by atoms with Crippen LogP contribution in [-0.2, 0) is 22.6 Å². The number of likely N-dealkylation sites (tertiary alicyclic amines) is 1. The number of benzene rings is 2. The van der Waals surface area contributed by atoms with Crippen LogP contribution in [0, 0.1) is 0 Å². The average molecular weight is 571 g/mol. The molecule has 1 fully saturated rings. The van der Waals surface area contributed by atoms with Crippen molar-refractivity contribution in [1.82, 2.24) is 29.8 Å².